The molecule has 3 rings (SSSR count). The van der Waals surface area contributed by atoms with Crippen molar-refractivity contribution in [3.63, 3.8) is 0 Å². The van der Waals surface area contributed by atoms with Crippen LogP contribution < -0.4 is 5.32 Å². The van der Waals surface area contributed by atoms with Crippen LogP contribution in [-0.4, -0.2) is 15.9 Å². The number of pyridine rings is 1. The molecular weight excluding hydrogens is 265 g/mol. The molecule has 3 aromatic rings. The second kappa shape index (κ2) is 6.06. The van der Waals surface area contributed by atoms with Gasteiger partial charge in [0.15, 0.2) is 0 Å². The number of halogens is 1. The molecule has 0 bridgehead atoms. The summed E-state index contributed by atoms with van der Waals surface area (Å²) < 4.78 is 15.2. The molecule has 108 valence electrons. The van der Waals surface area contributed by atoms with Gasteiger partial charge in [0.25, 0.3) is 0 Å². The maximum absolute atomic E-state index is 13.1. The van der Waals surface area contributed by atoms with E-state index in [2.05, 4.69) is 14.7 Å². The van der Waals surface area contributed by atoms with E-state index < -0.39 is 0 Å². The molecule has 0 saturated heterocycles. The summed E-state index contributed by atoms with van der Waals surface area (Å²) in [7, 11) is 0. The van der Waals surface area contributed by atoms with Gasteiger partial charge in [-0.1, -0.05) is 18.2 Å². The zero-order valence-corrected chi connectivity index (χ0v) is 12.0. The molecule has 0 aliphatic carbocycles. The lowest BCUT2D eigenvalue weighted by molar-refractivity contribution is 0.621. The zero-order valence-electron chi connectivity index (χ0n) is 12.0. The van der Waals surface area contributed by atoms with E-state index in [0.717, 1.165) is 36.4 Å². The number of hydrogen-bond donors (Lipinski definition) is 1. The molecule has 0 aliphatic rings. The highest BCUT2D eigenvalue weighted by Crippen LogP contribution is 2.11. The summed E-state index contributed by atoms with van der Waals surface area (Å²) >= 11 is 0. The number of aromatic nitrogens is 2. The lowest BCUT2D eigenvalue weighted by Gasteiger charge is -2.06. The molecule has 0 unspecified atom stereocenters. The number of nitrogens with zero attached hydrogens (tertiary/aromatic N) is 2. The summed E-state index contributed by atoms with van der Waals surface area (Å²) in [5.41, 5.74) is 4.19. The highest BCUT2D eigenvalue weighted by atomic mass is 19.1. The highest BCUT2D eigenvalue weighted by molar-refractivity contribution is 5.42. The first-order valence-electron chi connectivity index (χ1n) is 7.12. The highest BCUT2D eigenvalue weighted by Gasteiger charge is 2.07. The van der Waals surface area contributed by atoms with Gasteiger partial charge < -0.3 is 9.72 Å². The summed E-state index contributed by atoms with van der Waals surface area (Å²) in [5.74, 6) is -0.176. The van der Waals surface area contributed by atoms with Gasteiger partial charge in [0, 0.05) is 12.7 Å². The average Bonchev–Trinajstić information content (AvgIpc) is 2.79. The van der Waals surface area contributed by atoms with Crippen molar-refractivity contribution in [1.82, 2.24) is 14.7 Å². The van der Waals surface area contributed by atoms with E-state index in [9.17, 15) is 4.39 Å². The van der Waals surface area contributed by atoms with Crippen molar-refractivity contribution < 1.29 is 4.39 Å². The topological polar surface area (TPSA) is 29.3 Å². The molecule has 1 N–H and O–H groups in total. The number of fused-ring (bicyclic) bond motifs is 1. The number of aryl methyl sites for hydroxylation is 1. The molecular formula is C17H18FN3. The smallest absolute Gasteiger partial charge is 0.137 e. The van der Waals surface area contributed by atoms with Crippen molar-refractivity contribution in [1.29, 1.82) is 0 Å². The van der Waals surface area contributed by atoms with Gasteiger partial charge in [-0.05, 0) is 49.7 Å². The number of imidazole rings is 1. The van der Waals surface area contributed by atoms with Crippen LogP contribution in [-0.2, 0) is 13.0 Å². The maximum atomic E-state index is 13.1. The predicted molar refractivity (Wildman–Crippen MR) is 81.7 cm³/mol. The number of benzene rings is 1. The summed E-state index contributed by atoms with van der Waals surface area (Å²) in [6, 6.07) is 12.7. The largest absolute Gasteiger partial charge is 0.311 e. The summed E-state index contributed by atoms with van der Waals surface area (Å²) in [5, 5.41) is 3.41. The Hall–Kier alpha value is -2.20. The Morgan fingerprint density at radius 1 is 1.19 bits per heavy atom. The van der Waals surface area contributed by atoms with E-state index in [1.807, 2.05) is 37.4 Å². The van der Waals surface area contributed by atoms with Crippen molar-refractivity contribution in [3.05, 3.63) is 71.4 Å². The van der Waals surface area contributed by atoms with Gasteiger partial charge in [-0.3, -0.25) is 0 Å². The van der Waals surface area contributed by atoms with Crippen LogP contribution in [0, 0.1) is 12.7 Å². The third kappa shape index (κ3) is 3.11. The molecule has 0 aliphatic heterocycles. The fourth-order valence-electron chi connectivity index (χ4n) is 2.51. The normalized spacial score (nSPS) is 11.1. The van der Waals surface area contributed by atoms with Gasteiger partial charge in [-0.25, -0.2) is 9.37 Å². The maximum Gasteiger partial charge on any atom is 0.137 e. The third-order valence-electron chi connectivity index (χ3n) is 3.60. The van der Waals surface area contributed by atoms with E-state index in [1.165, 1.54) is 11.8 Å². The molecule has 0 atom stereocenters. The molecule has 0 amide bonds. The number of nitrogens with one attached hydrogen (secondary N) is 1. The summed E-state index contributed by atoms with van der Waals surface area (Å²) in [6.07, 6.45) is 2.84. The van der Waals surface area contributed by atoms with Gasteiger partial charge in [-0.15, -0.1) is 0 Å². The molecule has 2 heterocycles. The standard InChI is InChI=1S/C17H18FN3/c1-13-16(21-10-3-2-7-17(21)20-13)12-19-9-8-14-5-4-6-15(18)11-14/h2-7,10-11,19H,8-9,12H2,1H3. The van der Waals surface area contributed by atoms with Crippen LogP contribution in [0.4, 0.5) is 4.39 Å². The van der Waals surface area contributed by atoms with Crippen molar-refractivity contribution in [2.24, 2.45) is 0 Å². The van der Waals surface area contributed by atoms with Crippen molar-refractivity contribution in [2.45, 2.75) is 19.9 Å². The lowest BCUT2D eigenvalue weighted by atomic mass is 10.1. The Morgan fingerprint density at radius 2 is 2.10 bits per heavy atom. The minimum atomic E-state index is -0.176. The fraction of sp³-hybridized carbons (Fsp3) is 0.235. The minimum Gasteiger partial charge on any atom is -0.311 e. The monoisotopic (exact) mass is 283 g/mol. The average molecular weight is 283 g/mol. The van der Waals surface area contributed by atoms with Gasteiger partial charge in [-0.2, -0.15) is 0 Å². The molecule has 21 heavy (non-hydrogen) atoms. The molecule has 0 saturated carbocycles. The first-order chi connectivity index (χ1) is 10.2. The van der Waals surface area contributed by atoms with Crippen LogP contribution in [0.25, 0.3) is 5.65 Å². The van der Waals surface area contributed by atoms with Crippen molar-refractivity contribution in [2.75, 3.05) is 6.54 Å². The van der Waals surface area contributed by atoms with Crippen LogP contribution in [0.15, 0.2) is 48.7 Å². The van der Waals surface area contributed by atoms with Crippen LogP contribution in [0.5, 0.6) is 0 Å². The van der Waals surface area contributed by atoms with E-state index >= 15 is 0 Å². The Labute approximate surface area is 123 Å². The molecule has 1 aromatic carbocycles. The summed E-state index contributed by atoms with van der Waals surface area (Å²) in [4.78, 5) is 4.53. The van der Waals surface area contributed by atoms with E-state index in [-0.39, 0.29) is 5.82 Å². The minimum absolute atomic E-state index is 0.176. The van der Waals surface area contributed by atoms with Crippen LogP contribution in [0.3, 0.4) is 0 Å². The molecule has 4 heteroatoms. The van der Waals surface area contributed by atoms with Gasteiger partial charge in [0.2, 0.25) is 0 Å². The van der Waals surface area contributed by atoms with Crippen LogP contribution in [0.1, 0.15) is 17.0 Å². The van der Waals surface area contributed by atoms with Gasteiger partial charge >= 0.3 is 0 Å². The molecule has 0 fully saturated rings. The fourth-order valence-corrected chi connectivity index (χ4v) is 2.51. The Morgan fingerprint density at radius 3 is 2.95 bits per heavy atom. The van der Waals surface area contributed by atoms with E-state index in [1.54, 1.807) is 12.1 Å². The predicted octanol–water partition coefficient (Wildman–Crippen LogP) is 3.11. The Kier molecular flexibility index (Phi) is 3.97. The van der Waals surface area contributed by atoms with Crippen LogP contribution >= 0.6 is 0 Å². The Bertz CT molecular complexity index is 749. The van der Waals surface area contributed by atoms with Crippen LogP contribution in [0.2, 0.25) is 0 Å². The quantitative estimate of drug-likeness (QED) is 0.729. The molecule has 0 radical (unpaired) electrons. The lowest BCUT2D eigenvalue weighted by Crippen LogP contribution is -2.18. The summed E-state index contributed by atoms with van der Waals surface area (Å²) in [6.45, 7) is 3.59. The molecule has 3 nitrogen and oxygen atoms in total. The van der Waals surface area contributed by atoms with Gasteiger partial charge in [0.05, 0.1) is 11.4 Å². The first-order valence-corrected chi connectivity index (χ1v) is 7.12. The number of hydrogen-bond acceptors (Lipinski definition) is 2. The van der Waals surface area contributed by atoms with Crippen molar-refractivity contribution >= 4 is 5.65 Å². The first kappa shape index (κ1) is 13.8. The SMILES string of the molecule is Cc1nc2ccccn2c1CNCCc1cccc(F)c1. The Balaban J connectivity index is 1.61. The second-order valence-electron chi connectivity index (χ2n) is 5.13. The molecule has 2 aromatic heterocycles. The van der Waals surface area contributed by atoms with E-state index in [4.69, 9.17) is 0 Å². The van der Waals surface area contributed by atoms with E-state index in [0.29, 0.717) is 0 Å². The number of rotatable bonds is 5. The zero-order chi connectivity index (χ0) is 14.7. The molecule has 0 spiro atoms. The third-order valence-corrected chi connectivity index (χ3v) is 3.60. The van der Waals surface area contributed by atoms with Crippen molar-refractivity contribution in [3.8, 4) is 0 Å². The second-order valence-corrected chi connectivity index (χ2v) is 5.13. The van der Waals surface area contributed by atoms with Gasteiger partial charge in [0.1, 0.15) is 11.5 Å².